The lowest BCUT2D eigenvalue weighted by Crippen LogP contribution is -2.46. The molecule has 18 heavy (non-hydrogen) atoms. The molecule has 1 aliphatic rings. The number of carboxylic acids is 1. The maximum atomic E-state index is 10.5. The van der Waals surface area contributed by atoms with E-state index < -0.39 is 23.1 Å². The highest BCUT2D eigenvalue weighted by Crippen LogP contribution is 2.41. The van der Waals surface area contributed by atoms with Crippen LogP contribution in [0, 0.1) is 5.41 Å². The van der Waals surface area contributed by atoms with E-state index in [0.717, 1.165) is 6.08 Å². The predicted molar refractivity (Wildman–Crippen MR) is 69.0 cm³/mol. The Kier molecular flexibility index (Phi) is 4.14. The standard InChI is InChI=1S/C14H20O4/c1-10(8-12(16)17)4-6-14(18)7-5-11(15)9-13(14,2)3/h4-8,11,15,18H,9H2,1-3H3,(H,16,17)/b6-4+,10-8-/t11-,14-/m1/s1. The number of allylic oxidation sites excluding steroid dienone is 2. The number of carbonyl (C=O) groups is 1. The molecule has 0 saturated carbocycles. The second kappa shape index (κ2) is 5.08. The van der Waals surface area contributed by atoms with Gasteiger partial charge in [0.2, 0.25) is 0 Å². The van der Waals surface area contributed by atoms with E-state index in [1.165, 1.54) is 0 Å². The first kappa shape index (κ1) is 14.7. The summed E-state index contributed by atoms with van der Waals surface area (Å²) in [5.74, 6) is -1.02. The molecule has 0 saturated heterocycles. The monoisotopic (exact) mass is 252 g/mol. The first-order valence-electron chi connectivity index (χ1n) is 5.86. The number of carboxylic acid groups (broad SMARTS) is 1. The van der Waals surface area contributed by atoms with Gasteiger partial charge < -0.3 is 15.3 Å². The van der Waals surface area contributed by atoms with Crippen molar-refractivity contribution in [3.63, 3.8) is 0 Å². The largest absolute Gasteiger partial charge is 0.478 e. The number of aliphatic hydroxyl groups is 2. The van der Waals surface area contributed by atoms with E-state index in [0.29, 0.717) is 12.0 Å². The minimum atomic E-state index is -1.18. The average molecular weight is 252 g/mol. The van der Waals surface area contributed by atoms with Crippen LogP contribution in [-0.4, -0.2) is 33.0 Å². The second-order valence-electron chi connectivity index (χ2n) is 5.40. The van der Waals surface area contributed by atoms with Crippen LogP contribution in [-0.2, 0) is 4.79 Å². The maximum absolute atomic E-state index is 10.5. The number of hydrogen-bond acceptors (Lipinski definition) is 3. The Bertz CT molecular complexity index is 418. The second-order valence-corrected chi connectivity index (χ2v) is 5.40. The van der Waals surface area contributed by atoms with Crippen molar-refractivity contribution in [1.82, 2.24) is 0 Å². The van der Waals surface area contributed by atoms with E-state index in [9.17, 15) is 15.0 Å². The van der Waals surface area contributed by atoms with Gasteiger partial charge in [-0.15, -0.1) is 0 Å². The minimum absolute atomic E-state index is 0.450. The van der Waals surface area contributed by atoms with Gasteiger partial charge >= 0.3 is 5.97 Å². The maximum Gasteiger partial charge on any atom is 0.328 e. The van der Waals surface area contributed by atoms with Crippen LogP contribution < -0.4 is 0 Å². The Morgan fingerprint density at radius 1 is 1.44 bits per heavy atom. The van der Waals surface area contributed by atoms with E-state index in [1.54, 1.807) is 31.2 Å². The summed E-state index contributed by atoms with van der Waals surface area (Å²) in [6.45, 7) is 5.38. The van der Waals surface area contributed by atoms with Gasteiger partial charge in [0.1, 0.15) is 5.60 Å². The zero-order valence-corrected chi connectivity index (χ0v) is 10.9. The third kappa shape index (κ3) is 3.31. The SMILES string of the molecule is CC(=C/C(=O)O)/C=C/[C@@]1(O)C=C[C@@H](O)CC1(C)C. The topological polar surface area (TPSA) is 77.8 Å². The molecule has 0 aromatic heterocycles. The number of hydrogen-bond donors (Lipinski definition) is 3. The fraction of sp³-hybridized carbons (Fsp3) is 0.500. The summed E-state index contributed by atoms with van der Waals surface area (Å²) in [7, 11) is 0. The third-order valence-corrected chi connectivity index (χ3v) is 3.33. The molecule has 4 nitrogen and oxygen atoms in total. The van der Waals surface area contributed by atoms with Gasteiger partial charge in [-0.25, -0.2) is 4.79 Å². The molecule has 0 unspecified atom stereocenters. The molecule has 1 rings (SSSR count). The highest BCUT2D eigenvalue weighted by atomic mass is 16.4. The number of aliphatic carboxylic acids is 1. The average Bonchev–Trinajstić information content (AvgIpc) is 2.20. The van der Waals surface area contributed by atoms with E-state index in [-0.39, 0.29) is 0 Å². The normalized spacial score (nSPS) is 31.8. The molecule has 2 atom stereocenters. The Balaban J connectivity index is 2.97. The molecule has 0 aliphatic heterocycles. The van der Waals surface area contributed by atoms with Crippen LogP contribution in [0.5, 0.6) is 0 Å². The molecular weight excluding hydrogens is 232 g/mol. The van der Waals surface area contributed by atoms with E-state index >= 15 is 0 Å². The van der Waals surface area contributed by atoms with E-state index in [4.69, 9.17) is 5.11 Å². The quantitative estimate of drug-likeness (QED) is 0.405. The molecule has 3 N–H and O–H groups in total. The van der Waals surface area contributed by atoms with Crippen molar-refractivity contribution in [2.45, 2.75) is 38.9 Å². The lowest BCUT2D eigenvalue weighted by molar-refractivity contribution is -0.131. The molecule has 0 bridgehead atoms. The zero-order valence-electron chi connectivity index (χ0n) is 10.9. The van der Waals surface area contributed by atoms with Gasteiger partial charge in [-0.1, -0.05) is 32.1 Å². The van der Waals surface area contributed by atoms with Gasteiger partial charge in [-0.05, 0) is 25.0 Å². The molecule has 0 aromatic carbocycles. The lowest BCUT2D eigenvalue weighted by Gasteiger charge is -2.42. The van der Waals surface area contributed by atoms with Crippen LogP contribution in [0.25, 0.3) is 0 Å². The first-order valence-corrected chi connectivity index (χ1v) is 5.86. The van der Waals surface area contributed by atoms with Crippen LogP contribution in [0.15, 0.2) is 36.0 Å². The van der Waals surface area contributed by atoms with E-state index in [1.807, 2.05) is 13.8 Å². The molecule has 0 amide bonds. The van der Waals surface area contributed by atoms with Crippen molar-refractivity contribution in [3.05, 3.63) is 36.0 Å². The Morgan fingerprint density at radius 3 is 2.56 bits per heavy atom. The van der Waals surface area contributed by atoms with Crippen LogP contribution in [0.3, 0.4) is 0 Å². The molecule has 100 valence electrons. The van der Waals surface area contributed by atoms with Crippen LogP contribution >= 0.6 is 0 Å². The van der Waals surface area contributed by atoms with Gasteiger partial charge in [0.25, 0.3) is 0 Å². The van der Waals surface area contributed by atoms with Crippen LogP contribution in [0.2, 0.25) is 0 Å². The van der Waals surface area contributed by atoms with Gasteiger partial charge in [-0.3, -0.25) is 0 Å². The van der Waals surface area contributed by atoms with Gasteiger partial charge in [0, 0.05) is 11.5 Å². The summed E-state index contributed by atoms with van der Waals surface area (Å²) in [6.07, 6.45) is 7.25. The summed E-state index contributed by atoms with van der Waals surface area (Å²) in [5, 5.41) is 28.7. The smallest absolute Gasteiger partial charge is 0.328 e. The molecule has 0 spiro atoms. The summed E-state index contributed by atoms with van der Waals surface area (Å²) < 4.78 is 0. The van der Waals surface area contributed by atoms with Crippen molar-refractivity contribution < 1.29 is 20.1 Å². The molecule has 0 aromatic rings. The predicted octanol–water partition coefficient (Wildman–Crippen LogP) is 1.65. The highest BCUT2D eigenvalue weighted by molar-refractivity contribution is 5.81. The minimum Gasteiger partial charge on any atom is -0.478 e. The van der Waals surface area contributed by atoms with Gasteiger partial charge in [-0.2, -0.15) is 0 Å². The molecule has 0 fully saturated rings. The molecule has 0 heterocycles. The van der Waals surface area contributed by atoms with Crippen molar-refractivity contribution >= 4 is 5.97 Å². The fourth-order valence-electron chi connectivity index (χ4n) is 2.02. The molecule has 4 heteroatoms. The van der Waals surface area contributed by atoms with Crippen LogP contribution in [0.1, 0.15) is 27.2 Å². The van der Waals surface area contributed by atoms with Crippen molar-refractivity contribution in [3.8, 4) is 0 Å². The van der Waals surface area contributed by atoms with E-state index in [2.05, 4.69) is 0 Å². The highest BCUT2D eigenvalue weighted by Gasteiger charge is 2.42. The molecule has 1 aliphatic carbocycles. The number of rotatable bonds is 3. The third-order valence-electron chi connectivity index (χ3n) is 3.33. The summed E-state index contributed by atoms with van der Waals surface area (Å²) in [4.78, 5) is 10.5. The summed E-state index contributed by atoms with van der Waals surface area (Å²) in [5.41, 5.74) is -1.15. The zero-order chi connectivity index (χ0) is 14.0. The van der Waals surface area contributed by atoms with Crippen LogP contribution in [0.4, 0.5) is 0 Å². The van der Waals surface area contributed by atoms with Crippen molar-refractivity contribution in [1.29, 1.82) is 0 Å². The Hall–Kier alpha value is -1.39. The Labute approximate surface area is 107 Å². The van der Waals surface area contributed by atoms with Gasteiger partial charge in [0.05, 0.1) is 6.10 Å². The van der Waals surface area contributed by atoms with Crippen molar-refractivity contribution in [2.75, 3.05) is 0 Å². The fourth-order valence-corrected chi connectivity index (χ4v) is 2.02. The molecular formula is C14H20O4. The van der Waals surface area contributed by atoms with Gasteiger partial charge in [0.15, 0.2) is 0 Å². The lowest BCUT2D eigenvalue weighted by atomic mass is 9.67. The molecule has 0 radical (unpaired) electrons. The first-order chi connectivity index (χ1) is 8.16. The van der Waals surface area contributed by atoms with Crippen molar-refractivity contribution in [2.24, 2.45) is 5.41 Å². The number of aliphatic hydroxyl groups excluding tert-OH is 1. The Morgan fingerprint density at radius 2 is 2.06 bits per heavy atom. The summed E-state index contributed by atoms with van der Waals surface area (Å²) >= 11 is 0. The summed E-state index contributed by atoms with van der Waals surface area (Å²) in [6, 6.07) is 0.